The maximum atomic E-state index is 12.1. The van der Waals surface area contributed by atoms with Crippen LogP contribution >= 0.6 is 35.1 Å². The summed E-state index contributed by atoms with van der Waals surface area (Å²) in [5.74, 6) is 0.965. The topological polar surface area (TPSA) is 68.0 Å². The van der Waals surface area contributed by atoms with E-state index in [0.717, 1.165) is 10.5 Å². The van der Waals surface area contributed by atoms with E-state index in [1.165, 1.54) is 4.90 Å². The number of carbonyl (C=O) groups is 1. The molecule has 0 fully saturated rings. The molecule has 1 heterocycles. The van der Waals surface area contributed by atoms with Crippen LogP contribution in [0.15, 0.2) is 62.7 Å². The Morgan fingerprint density at radius 2 is 1.76 bits per heavy atom. The maximum absolute atomic E-state index is 12.1. The SMILES string of the molecule is CC(C)Sc1ccc(Cc2nnc(NC(=O)CCSc3ccc(Cl)cc3)o2)cc1. The minimum absolute atomic E-state index is 0.133. The highest BCUT2D eigenvalue weighted by Gasteiger charge is 2.11. The van der Waals surface area contributed by atoms with E-state index in [4.69, 9.17) is 16.0 Å². The number of halogens is 1. The van der Waals surface area contributed by atoms with E-state index in [9.17, 15) is 4.79 Å². The van der Waals surface area contributed by atoms with Crippen LogP contribution in [-0.2, 0) is 11.2 Å². The van der Waals surface area contributed by atoms with Gasteiger partial charge in [0.05, 0.1) is 6.42 Å². The van der Waals surface area contributed by atoms with Gasteiger partial charge in [-0.1, -0.05) is 42.7 Å². The average molecular weight is 448 g/mol. The Morgan fingerprint density at radius 1 is 1.07 bits per heavy atom. The van der Waals surface area contributed by atoms with E-state index < -0.39 is 0 Å². The summed E-state index contributed by atoms with van der Waals surface area (Å²) in [7, 11) is 0. The van der Waals surface area contributed by atoms with Gasteiger partial charge in [0.25, 0.3) is 0 Å². The minimum atomic E-state index is -0.156. The predicted octanol–water partition coefficient (Wildman–Crippen LogP) is 5.94. The average Bonchev–Trinajstić information content (AvgIpc) is 3.11. The van der Waals surface area contributed by atoms with Gasteiger partial charge in [-0.25, -0.2) is 0 Å². The third-order valence-electron chi connectivity index (χ3n) is 3.78. The van der Waals surface area contributed by atoms with Crippen molar-refractivity contribution in [2.24, 2.45) is 0 Å². The van der Waals surface area contributed by atoms with Crippen molar-refractivity contribution in [2.75, 3.05) is 11.1 Å². The van der Waals surface area contributed by atoms with E-state index in [1.807, 2.05) is 36.0 Å². The fourth-order valence-corrected chi connectivity index (χ4v) is 4.30. The maximum Gasteiger partial charge on any atom is 0.322 e. The molecule has 5 nitrogen and oxygen atoms in total. The molecule has 2 aromatic carbocycles. The normalized spacial score (nSPS) is 11.0. The first-order valence-corrected chi connectivity index (χ1v) is 11.5. The Bertz CT molecular complexity index is 928. The van der Waals surface area contributed by atoms with Crippen molar-refractivity contribution in [3.8, 4) is 0 Å². The van der Waals surface area contributed by atoms with Crippen LogP contribution in [0.4, 0.5) is 6.01 Å². The van der Waals surface area contributed by atoms with Crippen molar-refractivity contribution in [3.05, 3.63) is 65.0 Å². The quantitative estimate of drug-likeness (QED) is 0.409. The van der Waals surface area contributed by atoms with Crippen LogP contribution in [0.3, 0.4) is 0 Å². The lowest BCUT2D eigenvalue weighted by Crippen LogP contribution is -2.12. The van der Waals surface area contributed by atoms with Crippen LogP contribution in [0.1, 0.15) is 31.7 Å². The number of benzene rings is 2. The lowest BCUT2D eigenvalue weighted by Gasteiger charge is -2.05. The Hall–Kier alpha value is -1.96. The van der Waals surface area contributed by atoms with Crippen LogP contribution in [0, 0.1) is 0 Å². The molecule has 0 unspecified atom stereocenters. The minimum Gasteiger partial charge on any atom is -0.407 e. The van der Waals surface area contributed by atoms with Crippen molar-refractivity contribution < 1.29 is 9.21 Å². The van der Waals surface area contributed by atoms with E-state index in [0.29, 0.717) is 34.8 Å². The van der Waals surface area contributed by atoms with Crippen molar-refractivity contribution >= 4 is 47.0 Å². The van der Waals surface area contributed by atoms with Crippen molar-refractivity contribution in [1.82, 2.24) is 10.2 Å². The number of rotatable bonds is 9. The van der Waals surface area contributed by atoms with Crippen molar-refractivity contribution in [3.63, 3.8) is 0 Å². The molecule has 1 amide bonds. The molecule has 0 aliphatic heterocycles. The van der Waals surface area contributed by atoms with Crippen LogP contribution in [0.5, 0.6) is 0 Å². The van der Waals surface area contributed by atoms with E-state index in [-0.39, 0.29) is 11.9 Å². The van der Waals surface area contributed by atoms with Gasteiger partial charge < -0.3 is 4.42 Å². The smallest absolute Gasteiger partial charge is 0.322 e. The molecule has 0 radical (unpaired) electrons. The summed E-state index contributed by atoms with van der Waals surface area (Å²) in [5.41, 5.74) is 1.08. The summed E-state index contributed by atoms with van der Waals surface area (Å²) in [6, 6.07) is 16.0. The van der Waals surface area contributed by atoms with Crippen LogP contribution in [-0.4, -0.2) is 27.1 Å². The number of anilines is 1. The number of nitrogens with one attached hydrogen (secondary N) is 1. The van der Waals surface area contributed by atoms with Gasteiger partial charge in [0.1, 0.15) is 0 Å². The Balaban J connectivity index is 1.44. The third kappa shape index (κ3) is 7.42. The number of hydrogen-bond acceptors (Lipinski definition) is 6. The second-order valence-electron chi connectivity index (χ2n) is 6.59. The molecule has 0 spiro atoms. The van der Waals surface area contributed by atoms with Gasteiger partial charge in [0.15, 0.2) is 0 Å². The largest absolute Gasteiger partial charge is 0.407 e. The molecule has 152 valence electrons. The number of carbonyl (C=O) groups excluding carboxylic acids is 1. The number of amides is 1. The lowest BCUT2D eigenvalue weighted by atomic mass is 10.1. The zero-order chi connectivity index (χ0) is 20.6. The van der Waals surface area contributed by atoms with Gasteiger partial charge >= 0.3 is 6.01 Å². The molecule has 0 aliphatic carbocycles. The Morgan fingerprint density at radius 3 is 2.45 bits per heavy atom. The van der Waals surface area contributed by atoms with Crippen molar-refractivity contribution in [2.45, 2.75) is 41.7 Å². The summed E-state index contributed by atoms with van der Waals surface area (Å²) in [5, 5.41) is 11.8. The highest BCUT2D eigenvalue weighted by atomic mass is 35.5. The molecule has 0 atom stereocenters. The lowest BCUT2D eigenvalue weighted by molar-refractivity contribution is -0.115. The van der Waals surface area contributed by atoms with Gasteiger partial charge in [-0.15, -0.1) is 28.6 Å². The molecule has 0 saturated carbocycles. The van der Waals surface area contributed by atoms with Crippen LogP contribution in [0.25, 0.3) is 0 Å². The molecule has 0 saturated heterocycles. The van der Waals surface area contributed by atoms with Gasteiger partial charge in [0, 0.05) is 32.2 Å². The number of thioether (sulfide) groups is 2. The number of hydrogen-bond donors (Lipinski definition) is 1. The van der Waals surface area contributed by atoms with Gasteiger partial charge in [0.2, 0.25) is 11.8 Å². The summed E-state index contributed by atoms with van der Waals surface area (Å²) >= 11 is 9.28. The number of nitrogens with zero attached hydrogens (tertiary/aromatic N) is 2. The first-order chi connectivity index (χ1) is 14.0. The molecule has 0 bridgehead atoms. The zero-order valence-corrected chi connectivity index (χ0v) is 18.6. The molecule has 0 aliphatic rings. The van der Waals surface area contributed by atoms with Crippen LogP contribution < -0.4 is 5.32 Å². The van der Waals surface area contributed by atoms with Gasteiger partial charge in [-0.05, 0) is 42.0 Å². The molecular formula is C21H22ClN3O2S2. The second kappa shape index (κ2) is 10.7. The second-order valence-corrected chi connectivity index (χ2v) is 9.84. The first-order valence-electron chi connectivity index (χ1n) is 9.24. The fourth-order valence-electron chi connectivity index (χ4n) is 2.48. The molecule has 3 rings (SSSR count). The molecule has 1 N–H and O–H groups in total. The monoisotopic (exact) mass is 447 g/mol. The summed E-state index contributed by atoms with van der Waals surface area (Å²) in [6.07, 6.45) is 0.877. The molecule has 8 heteroatoms. The third-order valence-corrected chi connectivity index (χ3v) is 6.06. The fraction of sp³-hybridized carbons (Fsp3) is 0.286. The summed E-state index contributed by atoms with van der Waals surface area (Å²) in [4.78, 5) is 14.4. The van der Waals surface area contributed by atoms with E-state index in [2.05, 4.69) is 53.6 Å². The summed E-state index contributed by atoms with van der Waals surface area (Å²) < 4.78 is 5.55. The predicted molar refractivity (Wildman–Crippen MR) is 120 cm³/mol. The van der Waals surface area contributed by atoms with Crippen molar-refractivity contribution in [1.29, 1.82) is 0 Å². The van der Waals surface area contributed by atoms with E-state index >= 15 is 0 Å². The molecule has 3 aromatic rings. The highest BCUT2D eigenvalue weighted by molar-refractivity contribution is 8.00. The van der Waals surface area contributed by atoms with Crippen LogP contribution in [0.2, 0.25) is 5.02 Å². The molecule has 29 heavy (non-hydrogen) atoms. The van der Waals surface area contributed by atoms with Gasteiger partial charge in [-0.2, -0.15) is 0 Å². The molecule has 1 aromatic heterocycles. The first kappa shape index (κ1) is 21.7. The van der Waals surface area contributed by atoms with E-state index in [1.54, 1.807) is 11.8 Å². The highest BCUT2D eigenvalue weighted by Crippen LogP contribution is 2.24. The number of aromatic nitrogens is 2. The Labute approximate surface area is 184 Å². The molecular weight excluding hydrogens is 426 g/mol. The zero-order valence-electron chi connectivity index (χ0n) is 16.2. The summed E-state index contributed by atoms with van der Waals surface area (Å²) in [6.45, 7) is 4.34. The standard InChI is InChI=1S/C21H22ClN3O2S2/c1-14(2)29-18-7-3-15(4-8-18)13-20-24-25-21(27-20)23-19(26)11-12-28-17-9-5-16(22)6-10-17/h3-10,14H,11-13H2,1-2H3,(H,23,25,26). The Kier molecular flexibility index (Phi) is 8.03. The van der Waals surface area contributed by atoms with Gasteiger partial charge in [-0.3, -0.25) is 10.1 Å².